The van der Waals surface area contributed by atoms with Crippen LogP contribution in [0.15, 0.2) is 18.2 Å². The maximum absolute atomic E-state index is 10.7. The first-order valence-electron chi connectivity index (χ1n) is 9.43. The molecule has 0 amide bonds. The first-order chi connectivity index (χ1) is 11.7. The summed E-state index contributed by atoms with van der Waals surface area (Å²) in [5.41, 5.74) is 4.00. The largest absolute Gasteiger partial charge is 0.390 e. The summed E-state index contributed by atoms with van der Waals surface area (Å²) < 4.78 is 2.32. The number of β-amino-alcohol motifs (C(OH)–C–C–N with tert-alkyl or cyclic N) is 1. The van der Waals surface area contributed by atoms with E-state index in [1.165, 1.54) is 48.7 Å². The standard InChI is InChI=1S/C20H27ClN2O/c21-18-9-6-8-17-16-7-2-3-10-19(16)23(20(17)18)14-15(24)13-22-11-4-1-5-12-22/h6,8-9,15,24H,1-5,7,10-14H2/t15-/m1/s1. The quantitative estimate of drug-likeness (QED) is 0.905. The van der Waals surface area contributed by atoms with Gasteiger partial charge in [-0.25, -0.2) is 0 Å². The van der Waals surface area contributed by atoms with E-state index in [-0.39, 0.29) is 6.10 Å². The number of hydrogen-bond acceptors (Lipinski definition) is 2. The minimum Gasteiger partial charge on any atom is -0.390 e. The van der Waals surface area contributed by atoms with E-state index in [2.05, 4.69) is 15.5 Å². The van der Waals surface area contributed by atoms with Crippen LogP contribution in [0, 0.1) is 0 Å². The Hall–Kier alpha value is -1.03. The Bertz CT molecular complexity index is 718. The van der Waals surface area contributed by atoms with Crippen LogP contribution in [-0.2, 0) is 19.4 Å². The van der Waals surface area contributed by atoms with E-state index < -0.39 is 0 Å². The van der Waals surface area contributed by atoms with Crippen molar-refractivity contribution in [2.45, 2.75) is 57.6 Å². The molecule has 1 atom stereocenters. The van der Waals surface area contributed by atoms with Gasteiger partial charge in [0, 0.05) is 17.6 Å². The van der Waals surface area contributed by atoms with E-state index in [0.29, 0.717) is 6.54 Å². The molecule has 1 aromatic carbocycles. The average Bonchev–Trinajstić information content (AvgIpc) is 2.91. The van der Waals surface area contributed by atoms with Gasteiger partial charge in [-0.2, -0.15) is 0 Å². The molecule has 0 bridgehead atoms. The van der Waals surface area contributed by atoms with Crippen molar-refractivity contribution in [2.75, 3.05) is 19.6 Å². The Kier molecular flexibility index (Phi) is 4.84. The molecule has 0 radical (unpaired) electrons. The predicted molar refractivity (Wildman–Crippen MR) is 99.9 cm³/mol. The fourth-order valence-corrected chi connectivity index (χ4v) is 4.83. The smallest absolute Gasteiger partial charge is 0.0845 e. The number of piperidine rings is 1. The Balaban J connectivity index is 1.63. The van der Waals surface area contributed by atoms with Crippen LogP contribution in [0.5, 0.6) is 0 Å². The molecule has 130 valence electrons. The summed E-state index contributed by atoms with van der Waals surface area (Å²) in [5.74, 6) is 0. The normalized spacial score (nSPS) is 20.2. The van der Waals surface area contributed by atoms with Crippen molar-refractivity contribution in [2.24, 2.45) is 0 Å². The van der Waals surface area contributed by atoms with Gasteiger partial charge in [0.25, 0.3) is 0 Å². The Morgan fingerprint density at radius 1 is 1.00 bits per heavy atom. The van der Waals surface area contributed by atoms with Crippen molar-refractivity contribution in [3.8, 4) is 0 Å². The lowest BCUT2D eigenvalue weighted by atomic mass is 9.95. The van der Waals surface area contributed by atoms with Crippen LogP contribution in [0.4, 0.5) is 0 Å². The van der Waals surface area contributed by atoms with Crippen LogP contribution in [0.1, 0.15) is 43.4 Å². The van der Waals surface area contributed by atoms with Gasteiger partial charge < -0.3 is 14.6 Å². The van der Waals surface area contributed by atoms with E-state index in [0.717, 1.165) is 43.0 Å². The predicted octanol–water partition coefficient (Wildman–Crippen LogP) is 4.02. The molecule has 2 aliphatic rings. The summed E-state index contributed by atoms with van der Waals surface area (Å²) in [7, 11) is 0. The second-order valence-corrected chi connectivity index (χ2v) is 7.80. The van der Waals surface area contributed by atoms with Crippen molar-refractivity contribution < 1.29 is 5.11 Å². The Morgan fingerprint density at radius 2 is 1.79 bits per heavy atom. The maximum Gasteiger partial charge on any atom is 0.0845 e. The molecule has 1 aromatic heterocycles. The van der Waals surface area contributed by atoms with Gasteiger partial charge in [0.15, 0.2) is 0 Å². The summed E-state index contributed by atoms with van der Waals surface area (Å²) >= 11 is 6.54. The zero-order valence-corrected chi connectivity index (χ0v) is 15.1. The van der Waals surface area contributed by atoms with Crippen LogP contribution >= 0.6 is 11.6 Å². The van der Waals surface area contributed by atoms with E-state index in [9.17, 15) is 5.11 Å². The molecule has 1 fully saturated rings. The Morgan fingerprint density at radius 3 is 2.62 bits per heavy atom. The van der Waals surface area contributed by atoms with Crippen molar-refractivity contribution >= 4 is 22.5 Å². The monoisotopic (exact) mass is 346 g/mol. The third-order valence-electron chi connectivity index (χ3n) is 5.66. The number of nitrogens with zero attached hydrogens (tertiary/aromatic N) is 2. The van der Waals surface area contributed by atoms with E-state index >= 15 is 0 Å². The Labute approximate surface area is 149 Å². The third-order valence-corrected chi connectivity index (χ3v) is 5.96. The molecular weight excluding hydrogens is 320 g/mol. The van der Waals surface area contributed by atoms with Crippen molar-refractivity contribution in [1.29, 1.82) is 0 Å². The lowest BCUT2D eigenvalue weighted by molar-refractivity contribution is 0.0886. The minimum absolute atomic E-state index is 0.332. The van der Waals surface area contributed by atoms with E-state index in [4.69, 9.17) is 11.6 Å². The summed E-state index contributed by atoms with van der Waals surface area (Å²) in [6, 6.07) is 6.22. The number of halogens is 1. The summed E-state index contributed by atoms with van der Waals surface area (Å²) in [5, 5.41) is 12.8. The van der Waals surface area contributed by atoms with E-state index in [1.807, 2.05) is 12.1 Å². The second-order valence-electron chi connectivity index (χ2n) is 7.39. The molecule has 1 aliphatic carbocycles. The number of aliphatic hydroxyl groups excluding tert-OH is 1. The second kappa shape index (κ2) is 7.07. The molecule has 0 spiro atoms. The van der Waals surface area contributed by atoms with Crippen LogP contribution in [0.25, 0.3) is 10.9 Å². The van der Waals surface area contributed by atoms with Crippen molar-refractivity contribution in [1.82, 2.24) is 9.47 Å². The highest BCUT2D eigenvalue weighted by Crippen LogP contribution is 2.35. The van der Waals surface area contributed by atoms with Gasteiger partial charge in [-0.3, -0.25) is 0 Å². The summed E-state index contributed by atoms with van der Waals surface area (Å²) in [6.07, 6.45) is 8.27. The molecular formula is C20H27ClN2O. The molecule has 3 nitrogen and oxygen atoms in total. The average molecular weight is 347 g/mol. The third kappa shape index (κ3) is 3.10. The first-order valence-corrected chi connectivity index (χ1v) is 9.80. The van der Waals surface area contributed by atoms with Gasteiger partial charge in [0.05, 0.1) is 23.2 Å². The van der Waals surface area contributed by atoms with Gasteiger partial charge in [0.2, 0.25) is 0 Å². The SMILES string of the molecule is O[C@H](CN1CCCCC1)Cn1c2c(c3cccc(Cl)c31)CCCC2. The highest BCUT2D eigenvalue weighted by Gasteiger charge is 2.23. The zero-order chi connectivity index (χ0) is 16.5. The number of aromatic nitrogens is 1. The van der Waals surface area contributed by atoms with Gasteiger partial charge in [-0.05, 0) is 63.2 Å². The fourth-order valence-electron chi connectivity index (χ4n) is 4.56. The molecule has 2 heterocycles. The number of fused-ring (bicyclic) bond motifs is 3. The van der Waals surface area contributed by atoms with Gasteiger partial charge in [0.1, 0.15) is 0 Å². The molecule has 1 aliphatic heterocycles. The highest BCUT2D eigenvalue weighted by atomic mass is 35.5. The topological polar surface area (TPSA) is 28.4 Å². The molecule has 24 heavy (non-hydrogen) atoms. The number of likely N-dealkylation sites (tertiary alicyclic amines) is 1. The molecule has 0 saturated carbocycles. The molecule has 1 saturated heterocycles. The fraction of sp³-hybridized carbons (Fsp3) is 0.600. The number of rotatable bonds is 4. The lowest BCUT2D eigenvalue weighted by Gasteiger charge is -2.29. The van der Waals surface area contributed by atoms with Crippen molar-refractivity contribution in [3.63, 3.8) is 0 Å². The molecule has 1 N–H and O–H groups in total. The van der Waals surface area contributed by atoms with Crippen LogP contribution in [0.3, 0.4) is 0 Å². The van der Waals surface area contributed by atoms with Gasteiger partial charge in [-0.1, -0.05) is 30.2 Å². The number of aliphatic hydroxyl groups is 1. The van der Waals surface area contributed by atoms with E-state index in [1.54, 1.807) is 0 Å². The lowest BCUT2D eigenvalue weighted by Crippen LogP contribution is -2.38. The first kappa shape index (κ1) is 16.4. The summed E-state index contributed by atoms with van der Waals surface area (Å²) in [6.45, 7) is 3.69. The van der Waals surface area contributed by atoms with Crippen LogP contribution in [0.2, 0.25) is 5.02 Å². The molecule has 4 heteroatoms. The number of para-hydroxylation sites is 1. The number of hydrogen-bond donors (Lipinski definition) is 1. The maximum atomic E-state index is 10.7. The summed E-state index contributed by atoms with van der Waals surface area (Å²) in [4.78, 5) is 2.41. The molecule has 2 aromatic rings. The molecule has 4 rings (SSSR count). The minimum atomic E-state index is -0.332. The number of aryl methyl sites for hydroxylation is 1. The van der Waals surface area contributed by atoms with Crippen molar-refractivity contribution in [3.05, 3.63) is 34.5 Å². The molecule has 0 unspecified atom stereocenters. The van der Waals surface area contributed by atoms with Gasteiger partial charge in [-0.15, -0.1) is 0 Å². The highest BCUT2D eigenvalue weighted by molar-refractivity contribution is 6.35. The van der Waals surface area contributed by atoms with Gasteiger partial charge >= 0.3 is 0 Å². The zero-order valence-electron chi connectivity index (χ0n) is 14.3. The van der Waals surface area contributed by atoms with Crippen LogP contribution < -0.4 is 0 Å². The number of benzene rings is 1. The van der Waals surface area contributed by atoms with Crippen LogP contribution in [-0.4, -0.2) is 40.3 Å².